The second-order valence-corrected chi connectivity index (χ2v) is 6.72. The van der Waals surface area contributed by atoms with Gasteiger partial charge in [-0.05, 0) is 31.6 Å². The van der Waals surface area contributed by atoms with Crippen LogP contribution in [0.5, 0.6) is 0 Å². The minimum absolute atomic E-state index is 0.0182. The van der Waals surface area contributed by atoms with Gasteiger partial charge in [-0.2, -0.15) is 0 Å². The largest absolute Gasteiger partial charge is 0.299 e. The average molecular weight is 309 g/mol. The second kappa shape index (κ2) is 8.44. The van der Waals surface area contributed by atoms with Gasteiger partial charge in [0, 0.05) is 30.7 Å². The molecule has 0 aromatic heterocycles. The summed E-state index contributed by atoms with van der Waals surface area (Å²) in [7, 11) is 0. The van der Waals surface area contributed by atoms with Crippen LogP contribution in [0.15, 0.2) is 0 Å². The van der Waals surface area contributed by atoms with Crippen molar-refractivity contribution in [2.45, 2.75) is 66.7 Å². The number of hydrogen-bond acceptors (Lipinski definition) is 3. The summed E-state index contributed by atoms with van der Waals surface area (Å²) in [6, 6.07) is 0. The van der Waals surface area contributed by atoms with Crippen molar-refractivity contribution in [1.29, 1.82) is 0 Å². The number of rotatable bonds is 4. The molecule has 0 radical (unpaired) electrons. The Morgan fingerprint density at radius 3 is 2.09 bits per heavy atom. The Hall–Kier alpha value is -1.19. The van der Waals surface area contributed by atoms with Gasteiger partial charge in [-0.15, -0.1) is 0 Å². The molecule has 0 bridgehead atoms. The normalized spacial score (nSPS) is 28.6. The number of ketones is 1. The lowest BCUT2D eigenvalue weighted by molar-refractivity contribution is -0.140. The van der Waals surface area contributed by atoms with Crippen LogP contribution in [0.1, 0.15) is 66.7 Å². The van der Waals surface area contributed by atoms with Gasteiger partial charge in [0.25, 0.3) is 0 Å². The van der Waals surface area contributed by atoms with Gasteiger partial charge < -0.3 is 0 Å². The maximum absolute atomic E-state index is 12.0. The first kappa shape index (κ1) is 18.9. The smallest absolute Gasteiger partial charge is 0.232 e. The summed E-state index contributed by atoms with van der Waals surface area (Å²) in [6.07, 6.45) is 4.09. The van der Waals surface area contributed by atoms with Crippen LogP contribution in [-0.4, -0.2) is 29.0 Å². The van der Waals surface area contributed by atoms with Crippen LogP contribution in [0.3, 0.4) is 0 Å². The maximum atomic E-state index is 12.0. The highest BCUT2D eigenvalue weighted by molar-refractivity contribution is 6.03. The Kier molecular flexibility index (Phi) is 7.24. The highest BCUT2D eigenvalue weighted by atomic mass is 16.2. The van der Waals surface area contributed by atoms with Crippen LogP contribution in [-0.2, 0) is 14.4 Å². The molecular weight excluding hydrogens is 278 g/mol. The van der Waals surface area contributed by atoms with E-state index in [1.165, 1.54) is 4.90 Å². The third-order valence-electron chi connectivity index (χ3n) is 4.73. The third kappa shape index (κ3) is 4.40. The van der Waals surface area contributed by atoms with Crippen molar-refractivity contribution in [2.75, 3.05) is 6.54 Å². The Labute approximate surface area is 134 Å². The first-order valence-corrected chi connectivity index (χ1v) is 8.78. The zero-order valence-corrected chi connectivity index (χ0v) is 14.7. The molecule has 1 atom stereocenters. The maximum Gasteiger partial charge on any atom is 0.232 e. The number of imide groups is 1. The average Bonchev–Trinajstić information content (AvgIpc) is 2.75. The van der Waals surface area contributed by atoms with E-state index < -0.39 is 0 Å². The summed E-state index contributed by atoms with van der Waals surface area (Å²) in [5, 5.41) is 0. The van der Waals surface area contributed by atoms with Gasteiger partial charge in [0.15, 0.2) is 0 Å². The molecule has 2 amide bonds. The molecule has 0 N–H and O–H groups in total. The molecule has 1 saturated heterocycles. The number of likely N-dealkylation sites (tertiary alicyclic amines) is 1. The third-order valence-corrected chi connectivity index (χ3v) is 4.73. The lowest BCUT2D eigenvalue weighted by atomic mass is 9.77. The van der Waals surface area contributed by atoms with Crippen LogP contribution in [0, 0.1) is 23.7 Å². The van der Waals surface area contributed by atoms with Crippen LogP contribution in [0.2, 0.25) is 0 Å². The second-order valence-electron chi connectivity index (χ2n) is 6.72. The van der Waals surface area contributed by atoms with E-state index in [1.54, 1.807) is 0 Å². The molecule has 1 aliphatic heterocycles. The monoisotopic (exact) mass is 309 g/mol. The fourth-order valence-corrected chi connectivity index (χ4v) is 3.40. The number of amides is 2. The standard InChI is InChI=1S/C16H25NO3.C2H6/c1-10(2)15(19)13-6-4-12(5-7-13)9-17-14(18)8-11(3)16(17)20;1-2/h10-13H,4-9H2,1-3H3;1-2H3. The Morgan fingerprint density at radius 2 is 1.68 bits per heavy atom. The molecule has 0 aromatic carbocycles. The molecule has 1 heterocycles. The van der Waals surface area contributed by atoms with Crippen LogP contribution in [0.4, 0.5) is 0 Å². The topological polar surface area (TPSA) is 54.5 Å². The van der Waals surface area contributed by atoms with Crippen LogP contribution < -0.4 is 0 Å². The van der Waals surface area contributed by atoms with Crippen LogP contribution in [0.25, 0.3) is 0 Å². The fourth-order valence-electron chi connectivity index (χ4n) is 3.40. The van der Waals surface area contributed by atoms with Gasteiger partial charge in [-0.3, -0.25) is 19.3 Å². The molecule has 0 aromatic rings. The van der Waals surface area contributed by atoms with E-state index in [9.17, 15) is 14.4 Å². The number of carbonyl (C=O) groups is 3. The molecular formula is C18H31NO3. The van der Waals surface area contributed by atoms with Crippen molar-refractivity contribution in [3.05, 3.63) is 0 Å². The summed E-state index contributed by atoms with van der Waals surface area (Å²) in [5.74, 6) is 0.851. The predicted octanol–water partition coefficient (Wildman–Crippen LogP) is 3.44. The Morgan fingerprint density at radius 1 is 1.14 bits per heavy atom. The van der Waals surface area contributed by atoms with Gasteiger partial charge in [-0.1, -0.05) is 34.6 Å². The molecule has 22 heavy (non-hydrogen) atoms. The highest BCUT2D eigenvalue weighted by Crippen LogP contribution is 2.32. The zero-order chi connectivity index (χ0) is 16.9. The predicted molar refractivity (Wildman–Crippen MR) is 87.1 cm³/mol. The van der Waals surface area contributed by atoms with E-state index in [0.29, 0.717) is 24.7 Å². The molecule has 1 aliphatic carbocycles. The molecule has 4 nitrogen and oxygen atoms in total. The summed E-state index contributed by atoms with van der Waals surface area (Å²) >= 11 is 0. The Bertz CT molecular complexity index is 409. The number of Topliss-reactive ketones (excluding diaryl/α,β-unsaturated/α-hetero) is 1. The van der Waals surface area contributed by atoms with E-state index in [4.69, 9.17) is 0 Å². The van der Waals surface area contributed by atoms with Crippen LogP contribution >= 0.6 is 0 Å². The molecule has 0 spiro atoms. The van der Waals surface area contributed by atoms with Gasteiger partial charge in [0.05, 0.1) is 0 Å². The van der Waals surface area contributed by atoms with E-state index in [2.05, 4.69) is 0 Å². The molecule has 2 aliphatic rings. The van der Waals surface area contributed by atoms with E-state index >= 15 is 0 Å². The molecule has 4 heteroatoms. The number of carbonyl (C=O) groups excluding carboxylic acids is 3. The van der Waals surface area contributed by atoms with Gasteiger partial charge in [-0.25, -0.2) is 0 Å². The summed E-state index contributed by atoms with van der Waals surface area (Å²) in [5.41, 5.74) is 0. The van der Waals surface area contributed by atoms with Gasteiger partial charge in [0.2, 0.25) is 11.8 Å². The quantitative estimate of drug-likeness (QED) is 0.748. The minimum atomic E-state index is -0.152. The SMILES string of the molecule is CC.CC(C)C(=O)C1CCC(CN2C(=O)CC(C)C2=O)CC1. The first-order chi connectivity index (χ1) is 10.4. The van der Waals surface area contributed by atoms with Crippen molar-refractivity contribution in [3.63, 3.8) is 0 Å². The molecule has 126 valence electrons. The zero-order valence-electron chi connectivity index (χ0n) is 14.7. The first-order valence-electron chi connectivity index (χ1n) is 8.78. The highest BCUT2D eigenvalue weighted by Gasteiger charge is 2.37. The molecule has 2 fully saturated rings. The van der Waals surface area contributed by atoms with E-state index in [-0.39, 0.29) is 29.6 Å². The lowest BCUT2D eigenvalue weighted by Gasteiger charge is -2.30. The van der Waals surface area contributed by atoms with Crippen molar-refractivity contribution >= 4 is 17.6 Å². The lowest BCUT2D eigenvalue weighted by Crippen LogP contribution is -2.37. The minimum Gasteiger partial charge on any atom is -0.299 e. The number of hydrogen-bond donors (Lipinski definition) is 0. The van der Waals surface area contributed by atoms with E-state index in [0.717, 1.165) is 25.7 Å². The summed E-state index contributed by atoms with van der Waals surface area (Å²) in [4.78, 5) is 37.1. The van der Waals surface area contributed by atoms with Crippen molar-refractivity contribution in [1.82, 2.24) is 4.90 Å². The van der Waals surface area contributed by atoms with E-state index in [1.807, 2.05) is 34.6 Å². The summed E-state index contributed by atoms with van der Waals surface area (Å²) < 4.78 is 0. The molecule has 1 saturated carbocycles. The van der Waals surface area contributed by atoms with Gasteiger partial charge in [0.1, 0.15) is 5.78 Å². The fraction of sp³-hybridized carbons (Fsp3) is 0.833. The van der Waals surface area contributed by atoms with Crippen molar-refractivity contribution < 1.29 is 14.4 Å². The summed E-state index contributed by atoms with van der Waals surface area (Å²) in [6.45, 7) is 10.3. The molecule has 1 unspecified atom stereocenters. The molecule has 2 rings (SSSR count). The van der Waals surface area contributed by atoms with Crippen molar-refractivity contribution in [3.8, 4) is 0 Å². The Balaban J connectivity index is 0.00000116. The number of nitrogens with zero attached hydrogens (tertiary/aromatic N) is 1. The van der Waals surface area contributed by atoms with Crippen molar-refractivity contribution in [2.24, 2.45) is 23.7 Å². The van der Waals surface area contributed by atoms with Gasteiger partial charge >= 0.3 is 0 Å².